The lowest BCUT2D eigenvalue weighted by molar-refractivity contribution is 0.0940. The molecule has 2 nitrogen and oxygen atoms in total. The first-order chi connectivity index (χ1) is 8.66. The zero-order chi connectivity index (χ0) is 13.0. The van der Waals surface area contributed by atoms with Crippen LogP contribution in [-0.2, 0) is 0 Å². The van der Waals surface area contributed by atoms with E-state index in [0.717, 1.165) is 10.0 Å². The summed E-state index contributed by atoms with van der Waals surface area (Å²) in [5.74, 6) is -0.0527. The van der Waals surface area contributed by atoms with E-state index in [0.29, 0.717) is 5.56 Å². The molecule has 0 aliphatic rings. The molecule has 0 spiro atoms. The summed E-state index contributed by atoms with van der Waals surface area (Å²) in [6.07, 6.45) is 0. The van der Waals surface area contributed by atoms with Gasteiger partial charge in [-0.05, 0) is 36.8 Å². The van der Waals surface area contributed by atoms with Crippen LogP contribution in [0.2, 0.25) is 0 Å². The fraction of sp³-hybridized carbons (Fsp3) is 0.133. The summed E-state index contributed by atoms with van der Waals surface area (Å²) in [6, 6.07) is 17.2. The molecule has 0 aliphatic carbocycles. The van der Waals surface area contributed by atoms with Crippen LogP contribution in [0.15, 0.2) is 59.1 Å². The third-order valence-corrected chi connectivity index (χ3v) is 3.23. The molecular formula is C15H14BrNO. The van der Waals surface area contributed by atoms with Crippen LogP contribution in [0.3, 0.4) is 0 Å². The molecule has 0 unspecified atom stereocenters. The number of hydrogen-bond acceptors (Lipinski definition) is 1. The van der Waals surface area contributed by atoms with Gasteiger partial charge in [-0.3, -0.25) is 4.79 Å². The number of halogens is 1. The highest BCUT2D eigenvalue weighted by atomic mass is 79.9. The monoisotopic (exact) mass is 303 g/mol. The maximum atomic E-state index is 12.0. The summed E-state index contributed by atoms with van der Waals surface area (Å²) in [6.45, 7) is 1.97. The molecule has 0 saturated carbocycles. The number of carbonyl (C=O) groups excluding carboxylic acids is 1. The van der Waals surface area contributed by atoms with Gasteiger partial charge in [0.15, 0.2) is 0 Å². The highest BCUT2D eigenvalue weighted by Crippen LogP contribution is 2.18. The van der Waals surface area contributed by atoms with Crippen molar-refractivity contribution in [2.75, 3.05) is 0 Å². The fourth-order valence-electron chi connectivity index (χ4n) is 1.73. The summed E-state index contributed by atoms with van der Waals surface area (Å²) >= 11 is 3.43. The lowest BCUT2D eigenvalue weighted by Gasteiger charge is -2.14. The van der Waals surface area contributed by atoms with Crippen LogP contribution in [0.1, 0.15) is 28.9 Å². The molecule has 0 radical (unpaired) electrons. The molecule has 2 aromatic rings. The molecule has 2 rings (SSSR count). The van der Waals surface area contributed by atoms with E-state index in [1.165, 1.54) is 0 Å². The summed E-state index contributed by atoms with van der Waals surface area (Å²) in [7, 11) is 0. The molecule has 1 amide bonds. The van der Waals surface area contributed by atoms with E-state index in [4.69, 9.17) is 0 Å². The molecule has 0 saturated heterocycles. The van der Waals surface area contributed by atoms with Crippen LogP contribution in [-0.4, -0.2) is 5.91 Å². The van der Waals surface area contributed by atoms with Crippen LogP contribution in [0.4, 0.5) is 0 Å². The zero-order valence-corrected chi connectivity index (χ0v) is 11.6. The predicted molar refractivity (Wildman–Crippen MR) is 76.5 cm³/mol. The predicted octanol–water partition coefficient (Wildman–Crippen LogP) is 3.94. The van der Waals surface area contributed by atoms with Crippen LogP contribution >= 0.6 is 15.9 Å². The van der Waals surface area contributed by atoms with E-state index in [9.17, 15) is 4.79 Å². The smallest absolute Gasteiger partial charge is 0.251 e. The quantitative estimate of drug-likeness (QED) is 0.914. The molecule has 1 N–H and O–H groups in total. The average molecular weight is 304 g/mol. The third-order valence-electron chi connectivity index (χ3n) is 2.73. The normalized spacial score (nSPS) is 11.9. The Morgan fingerprint density at radius 2 is 1.83 bits per heavy atom. The summed E-state index contributed by atoms with van der Waals surface area (Å²) in [5, 5.41) is 2.98. The van der Waals surface area contributed by atoms with Gasteiger partial charge < -0.3 is 5.32 Å². The van der Waals surface area contributed by atoms with Crippen molar-refractivity contribution in [3.05, 3.63) is 70.2 Å². The number of amides is 1. The van der Waals surface area contributed by atoms with Gasteiger partial charge in [0, 0.05) is 10.0 Å². The van der Waals surface area contributed by atoms with Gasteiger partial charge in [0.25, 0.3) is 5.91 Å². The standard InChI is InChI=1S/C15H14BrNO/c1-11(13-8-5-9-14(16)10-13)17-15(18)12-6-3-2-4-7-12/h2-11H,1H3,(H,17,18)/t11-/m0/s1. The minimum atomic E-state index is -0.0527. The molecule has 3 heteroatoms. The van der Waals surface area contributed by atoms with Gasteiger partial charge in [0.2, 0.25) is 0 Å². The van der Waals surface area contributed by atoms with Crippen molar-refractivity contribution in [2.45, 2.75) is 13.0 Å². The number of carbonyl (C=O) groups is 1. The third kappa shape index (κ3) is 3.20. The largest absolute Gasteiger partial charge is 0.346 e. The van der Waals surface area contributed by atoms with E-state index in [1.807, 2.05) is 61.5 Å². The Labute approximate surface area is 115 Å². The van der Waals surface area contributed by atoms with Gasteiger partial charge in [0.05, 0.1) is 6.04 Å². The minimum absolute atomic E-state index is 0.0183. The van der Waals surface area contributed by atoms with E-state index in [-0.39, 0.29) is 11.9 Å². The first-order valence-electron chi connectivity index (χ1n) is 5.78. The van der Waals surface area contributed by atoms with Crippen molar-refractivity contribution < 1.29 is 4.79 Å². The molecule has 0 bridgehead atoms. The Balaban J connectivity index is 2.08. The van der Waals surface area contributed by atoms with Crippen LogP contribution in [0, 0.1) is 0 Å². The topological polar surface area (TPSA) is 29.1 Å². The van der Waals surface area contributed by atoms with Crippen LogP contribution in [0.25, 0.3) is 0 Å². The molecule has 18 heavy (non-hydrogen) atoms. The van der Waals surface area contributed by atoms with Gasteiger partial charge in [-0.1, -0.05) is 46.3 Å². The number of benzene rings is 2. The molecule has 0 heterocycles. The fourth-order valence-corrected chi connectivity index (χ4v) is 2.15. The van der Waals surface area contributed by atoms with E-state index in [1.54, 1.807) is 0 Å². The lowest BCUT2D eigenvalue weighted by Crippen LogP contribution is -2.26. The molecule has 2 aromatic carbocycles. The van der Waals surface area contributed by atoms with Crippen molar-refractivity contribution >= 4 is 21.8 Å². The lowest BCUT2D eigenvalue weighted by atomic mass is 10.1. The van der Waals surface area contributed by atoms with Crippen LogP contribution in [0.5, 0.6) is 0 Å². The summed E-state index contributed by atoms with van der Waals surface area (Å²) < 4.78 is 1.01. The maximum absolute atomic E-state index is 12.0. The van der Waals surface area contributed by atoms with Crippen molar-refractivity contribution in [3.8, 4) is 0 Å². The van der Waals surface area contributed by atoms with Crippen molar-refractivity contribution in [1.82, 2.24) is 5.32 Å². The average Bonchev–Trinajstić information content (AvgIpc) is 2.39. The number of nitrogens with one attached hydrogen (secondary N) is 1. The first kappa shape index (κ1) is 12.8. The Hall–Kier alpha value is -1.61. The molecule has 0 fully saturated rings. The summed E-state index contributed by atoms with van der Waals surface area (Å²) in [4.78, 5) is 12.0. The highest BCUT2D eigenvalue weighted by molar-refractivity contribution is 9.10. The number of rotatable bonds is 3. The van der Waals surface area contributed by atoms with Gasteiger partial charge in [0.1, 0.15) is 0 Å². The van der Waals surface area contributed by atoms with E-state index >= 15 is 0 Å². The molecule has 0 aliphatic heterocycles. The molecule has 0 aromatic heterocycles. The first-order valence-corrected chi connectivity index (χ1v) is 6.57. The second-order valence-corrected chi connectivity index (χ2v) is 5.03. The van der Waals surface area contributed by atoms with Crippen molar-refractivity contribution in [2.24, 2.45) is 0 Å². The van der Waals surface area contributed by atoms with Crippen molar-refractivity contribution in [3.63, 3.8) is 0 Å². The van der Waals surface area contributed by atoms with Gasteiger partial charge in [-0.15, -0.1) is 0 Å². The van der Waals surface area contributed by atoms with Gasteiger partial charge in [-0.2, -0.15) is 0 Å². The Morgan fingerprint density at radius 1 is 1.11 bits per heavy atom. The minimum Gasteiger partial charge on any atom is -0.346 e. The van der Waals surface area contributed by atoms with Crippen molar-refractivity contribution in [1.29, 1.82) is 0 Å². The molecule has 92 valence electrons. The molecular weight excluding hydrogens is 290 g/mol. The van der Waals surface area contributed by atoms with Gasteiger partial charge >= 0.3 is 0 Å². The second-order valence-electron chi connectivity index (χ2n) is 4.12. The highest BCUT2D eigenvalue weighted by Gasteiger charge is 2.10. The van der Waals surface area contributed by atoms with Gasteiger partial charge in [-0.25, -0.2) is 0 Å². The summed E-state index contributed by atoms with van der Waals surface area (Å²) in [5.41, 5.74) is 1.76. The zero-order valence-electron chi connectivity index (χ0n) is 10.1. The Morgan fingerprint density at radius 3 is 2.50 bits per heavy atom. The number of hydrogen-bond donors (Lipinski definition) is 1. The van der Waals surface area contributed by atoms with Crippen LogP contribution < -0.4 is 5.32 Å². The van der Waals surface area contributed by atoms with E-state index in [2.05, 4.69) is 21.2 Å². The Bertz CT molecular complexity index is 539. The maximum Gasteiger partial charge on any atom is 0.251 e. The SMILES string of the molecule is C[C@H](NC(=O)c1ccccc1)c1cccc(Br)c1. The molecule has 1 atom stereocenters. The second kappa shape index (κ2) is 5.83. The Kier molecular flexibility index (Phi) is 4.15. The van der Waals surface area contributed by atoms with E-state index < -0.39 is 0 Å².